The lowest BCUT2D eigenvalue weighted by Gasteiger charge is -2.36. The number of rotatable bonds is 6. The van der Waals surface area contributed by atoms with Gasteiger partial charge in [0.2, 0.25) is 0 Å². The molecule has 1 fully saturated rings. The van der Waals surface area contributed by atoms with E-state index in [9.17, 15) is 8.42 Å². The van der Waals surface area contributed by atoms with Gasteiger partial charge >= 0.3 is 0 Å². The van der Waals surface area contributed by atoms with Gasteiger partial charge in [0.15, 0.2) is 15.8 Å². The summed E-state index contributed by atoms with van der Waals surface area (Å²) >= 11 is 1.73. The molecule has 8 heteroatoms. The summed E-state index contributed by atoms with van der Waals surface area (Å²) in [6.07, 6.45) is 2.34. The molecule has 1 aromatic rings. The van der Waals surface area contributed by atoms with Crippen molar-refractivity contribution in [2.75, 3.05) is 39.6 Å². The van der Waals surface area contributed by atoms with E-state index in [1.165, 1.54) is 11.1 Å². The minimum atomic E-state index is -3.19. The van der Waals surface area contributed by atoms with Crippen molar-refractivity contribution in [3.63, 3.8) is 0 Å². The van der Waals surface area contributed by atoms with Gasteiger partial charge in [0.05, 0.1) is 4.75 Å². The third-order valence-electron chi connectivity index (χ3n) is 4.88. The Morgan fingerprint density at radius 2 is 2.04 bits per heavy atom. The average molecular weight is 388 g/mol. The minimum absolute atomic E-state index is 0.0288. The van der Waals surface area contributed by atoms with Crippen LogP contribution in [0.1, 0.15) is 31.6 Å². The Balaban J connectivity index is 1.98. The van der Waals surface area contributed by atoms with Crippen molar-refractivity contribution >= 4 is 27.1 Å². The first kappa shape index (κ1) is 20.2. The summed E-state index contributed by atoms with van der Waals surface area (Å²) < 4.78 is 29.2. The zero-order valence-electron chi connectivity index (χ0n) is 15.5. The minimum Gasteiger partial charge on any atom is -0.381 e. The second-order valence-corrected chi connectivity index (χ2v) is 10.6. The molecular formula is C17H29N3O3S2. The van der Waals surface area contributed by atoms with E-state index in [4.69, 9.17) is 4.74 Å². The summed E-state index contributed by atoms with van der Waals surface area (Å²) in [6.45, 7) is 6.36. The third-order valence-corrected chi connectivity index (χ3v) is 8.24. The van der Waals surface area contributed by atoms with E-state index in [1.807, 2.05) is 0 Å². The molecule has 0 atom stereocenters. The number of sulfone groups is 1. The lowest BCUT2D eigenvalue weighted by Crippen LogP contribution is -2.54. The van der Waals surface area contributed by atoms with Gasteiger partial charge in [-0.15, -0.1) is 11.3 Å². The standard InChI is InChI=1S/C17H29N3O3S2/c1-16(2,14-6-5-11-24-14)12-19-15(18-3)20-13-17(25(4,21)22)7-9-23-10-8-17/h5-6,11H,7-10,12-13H2,1-4H3,(H2,18,19,20). The van der Waals surface area contributed by atoms with E-state index in [0.29, 0.717) is 45.1 Å². The fraction of sp³-hybridized carbons (Fsp3) is 0.706. The first-order chi connectivity index (χ1) is 11.7. The molecule has 6 nitrogen and oxygen atoms in total. The number of nitrogens with one attached hydrogen (secondary N) is 2. The molecule has 1 aliphatic rings. The van der Waals surface area contributed by atoms with Gasteiger partial charge in [-0.25, -0.2) is 8.42 Å². The van der Waals surface area contributed by atoms with Gasteiger partial charge in [0.25, 0.3) is 0 Å². The molecule has 0 radical (unpaired) electrons. The number of hydrogen-bond acceptors (Lipinski definition) is 5. The Hall–Kier alpha value is -1.12. The van der Waals surface area contributed by atoms with Gasteiger partial charge in [-0.05, 0) is 24.3 Å². The molecule has 0 aromatic carbocycles. The predicted molar refractivity (Wildman–Crippen MR) is 104 cm³/mol. The average Bonchev–Trinajstić information content (AvgIpc) is 3.10. The van der Waals surface area contributed by atoms with Crippen LogP contribution in [-0.2, 0) is 20.0 Å². The van der Waals surface area contributed by atoms with Gasteiger partial charge < -0.3 is 15.4 Å². The van der Waals surface area contributed by atoms with E-state index >= 15 is 0 Å². The topological polar surface area (TPSA) is 79.8 Å². The molecule has 2 heterocycles. The van der Waals surface area contributed by atoms with E-state index < -0.39 is 14.6 Å². The lowest BCUT2D eigenvalue weighted by molar-refractivity contribution is 0.0756. The number of hydrogen-bond donors (Lipinski definition) is 2. The van der Waals surface area contributed by atoms with Gasteiger partial charge in [0.1, 0.15) is 0 Å². The summed E-state index contributed by atoms with van der Waals surface area (Å²) in [6, 6.07) is 4.18. The summed E-state index contributed by atoms with van der Waals surface area (Å²) in [7, 11) is -1.49. The molecule has 0 saturated carbocycles. The molecule has 25 heavy (non-hydrogen) atoms. The SMILES string of the molecule is CN=C(NCC(C)(C)c1cccs1)NCC1(S(C)(=O)=O)CCOCC1. The molecule has 0 aliphatic carbocycles. The van der Waals surface area contributed by atoms with Crippen molar-refractivity contribution in [2.45, 2.75) is 36.9 Å². The predicted octanol–water partition coefficient (Wildman–Crippen LogP) is 1.78. The lowest BCUT2D eigenvalue weighted by atomic mass is 9.91. The Morgan fingerprint density at radius 1 is 1.36 bits per heavy atom. The van der Waals surface area contributed by atoms with E-state index in [-0.39, 0.29) is 5.41 Å². The molecular weight excluding hydrogens is 358 g/mol. The fourth-order valence-electron chi connectivity index (χ4n) is 2.94. The zero-order valence-corrected chi connectivity index (χ0v) is 17.1. The number of aliphatic imine (C=N–C) groups is 1. The highest BCUT2D eigenvalue weighted by Crippen LogP contribution is 2.29. The molecule has 1 saturated heterocycles. The van der Waals surface area contributed by atoms with Crippen LogP contribution in [0.3, 0.4) is 0 Å². The first-order valence-electron chi connectivity index (χ1n) is 8.46. The Labute approximate surface area is 155 Å². The van der Waals surface area contributed by atoms with E-state index in [1.54, 1.807) is 18.4 Å². The number of nitrogens with zero attached hydrogens (tertiary/aromatic N) is 1. The summed E-state index contributed by atoms with van der Waals surface area (Å²) in [4.78, 5) is 5.54. The summed E-state index contributed by atoms with van der Waals surface area (Å²) in [5, 5.41) is 8.61. The third kappa shape index (κ3) is 4.95. The zero-order chi connectivity index (χ0) is 18.6. The van der Waals surface area contributed by atoms with Crippen LogP contribution in [0.5, 0.6) is 0 Å². The Bertz CT molecular complexity index is 676. The molecule has 0 bridgehead atoms. The second-order valence-electron chi connectivity index (χ2n) is 7.21. The fourth-order valence-corrected chi connectivity index (χ4v) is 5.04. The van der Waals surface area contributed by atoms with E-state index in [0.717, 1.165) is 0 Å². The van der Waals surface area contributed by atoms with Crippen molar-refractivity contribution in [1.29, 1.82) is 0 Å². The van der Waals surface area contributed by atoms with E-state index in [2.05, 4.69) is 47.0 Å². The van der Waals surface area contributed by atoms with Crippen molar-refractivity contribution in [3.8, 4) is 0 Å². The highest BCUT2D eigenvalue weighted by molar-refractivity contribution is 7.92. The van der Waals surface area contributed by atoms with Crippen LogP contribution in [0.4, 0.5) is 0 Å². The Morgan fingerprint density at radius 3 is 2.56 bits per heavy atom. The highest BCUT2D eigenvalue weighted by atomic mass is 32.2. The van der Waals surface area contributed by atoms with Gasteiger partial charge in [-0.2, -0.15) is 0 Å². The largest absolute Gasteiger partial charge is 0.381 e. The number of guanidine groups is 1. The molecule has 2 rings (SSSR count). The van der Waals surface area contributed by atoms with Crippen LogP contribution in [-0.4, -0.2) is 58.7 Å². The van der Waals surface area contributed by atoms with Crippen LogP contribution in [0.15, 0.2) is 22.5 Å². The first-order valence-corrected chi connectivity index (χ1v) is 11.2. The molecule has 1 aromatic heterocycles. The molecule has 1 aliphatic heterocycles. The van der Waals surface area contributed by atoms with Crippen molar-refractivity contribution in [1.82, 2.24) is 10.6 Å². The van der Waals surface area contributed by atoms with Crippen LogP contribution in [0.2, 0.25) is 0 Å². The van der Waals surface area contributed by atoms with Crippen LogP contribution in [0, 0.1) is 0 Å². The van der Waals surface area contributed by atoms with Crippen molar-refractivity contribution in [3.05, 3.63) is 22.4 Å². The number of thiophene rings is 1. The Kier molecular flexibility index (Phi) is 6.51. The second kappa shape index (κ2) is 8.05. The van der Waals surface area contributed by atoms with Gasteiger partial charge in [0, 0.05) is 49.9 Å². The number of ether oxygens (including phenoxy) is 1. The van der Waals surface area contributed by atoms with Crippen LogP contribution < -0.4 is 10.6 Å². The maximum absolute atomic E-state index is 12.3. The van der Waals surface area contributed by atoms with Crippen LogP contribution >= 0.6 is 11.3 Å². The highest BCUT2D eigenvalue weighted by Gasteiger charge is 2.42. The molecule has 0 spiro atoms. The summed E-state index contributed by atoms with van der Waals surface area (Å²) in [5.74, 6) is 0.624. The molecule has 142 valence electrons. The summed E-state index contributed by atoms with van der Waals surface area (Å²) in [5.41, 5.74) is -0.0288. The maximum atomic E-state index is 12.3. The van der Waals surface area contributed by atoms with Crippen molar-refractivity contribution < 1.29 is 13.2 Å². The maximum Gasteiger partial charge on any atom is 0.191 e. The molecule has 2 N–H and O–H groups in total. The smallest absolute Gasteiger partial charge is 0.191 e. The monoisotopic (exact) mass is 387 g/mol. The van der Waals surface area contributed by atoms with Gasteiger partial charge in [-0.1, -0.05) is 19.9 Å². The van der Waals surface area contributed by atoms with Gasteiger partial charge in [-0.3, -0.25) is 4.99 Å². The van der Waals surface area contributed by atoms with Crippen molar-refractivity contribution in [2.24, 2.45) is 4.99 Å². The molecule has 0 unspecified atom stereocenters. The molecule has 0 amide bonds. The normalized spacial score (nSPS) is 18.8. The van der Waals surface area contributed by atoms with Crippen LogP contribution in [0.25, 0.3) is 0 Å². The quantitative estimate of drug-likeness (QED) is 0.575.